The first-order chi connectivity index (χ1) is 9.70. The van der Waals surface area contributed by atoms with Crippen molar-refractivity contribution in [1.29, 1.82) is 0 Å². The Morgan fingerprint density at radius 1 is 1.15 bits per heavy atom. The number of anilines is 1. The van der Waals surface area contributed by atoms with E-state index in [-0.39, 0.29) is 0 Å². The maximum absolute atomic E-state index is 4.76. The fourth-order valence-electron chi connectivity index (χ4n) is 2.26. The summed E-state index contributed by atoms with van der Waals surface area (Å²) in [6.07, 6.45) is 3.29. The van der Waals surface area contributed by atoms with E-state index in [1.165, 1.54) is 16.1 Å². The molecule has 2 aromatic rings. The van der Waals surface area contributed by atoms with Crippen molar-refractivity contribution < 1.29 is 0 Å². The molecule has 1 aromatic carbocycles. The number of benzene rings is 1. The molecule has 3 heteroatoms. The number of aromatic nitrogens is 1. The predicted octanol–water partition coefficient (Wildman–Crippen LogP) is 4.87. The molecule has 20 heavy (non-hydrogen) atoms. The van der Waals surface area contributed by atoms with Gasteiger partial charge in [-0.2, -0.15) is 0 Å². The van der Waals surface area contributed by atoms with Crippen molar-refractivity contribution in [1.82, 2.24) is 4.98 Å². The zero-order chi connectivity index (χ0) is 14.4. The largest absolute Gasteiger partial charge is 0.361 e. The van der Waals surface area contributed by atoms with E-state index < -0.39 is 0 Å². The molecule has 1 aromatic heterocycles. The number of nitrogens with one attached hydrogen (secondary N) is 1. The van der Waals surface area contributed by atoms with Crippen LogP contribution in [-0.2, 0) is 12.8 Å². The van der Waals surface area contributed by atoms with E-state index in [1.807, 2.05) is 11.3 Å². The third-order valence-electron chi connectivity index (χ3n) is 3.27. The number of nitrogens with zero attached hydrogens (tertiary/aromatic N) is 1. The lowest BCUT2D eigenvalue weighted by Gasteiger charge is -2.03. The summed E-state index contributed by atoms with van der Waals surface area (Å²) in [4.78, 5) is 6.20. The molecular formula is C17H24N2S. The molecule has 2 rings (SSSR count). The average Bonchev–Trinajstić information content (AvgIpc) is 2.84. The zero-order valence-electron chi connectivity index (χ0n) is 12.6. The molecular weight excluding hydrogens is 264 g/mol. The molecule has 0 radical (unpaired) electrons. The molecule has 0 fully saturated rings. The Balaban J connectivity index is 1.94. The minimum absolute atomic E-state index is 0.568. The van der Waals surface area contributed by atoms with Gasteiger partial charge in [-0.05, 0) is 24.3 Å². The van der Waals surface area contributed by atoms with Gasteiger partial charge in [0.1, 0.15) is 0 Å². The lowest BCUT2D eigenvalue weighted by atomic mass is 10.1. The van der Waals surface area contributed by atoms with Crippen LogP contribution in [0.5, 0.6) is 0 Å². The van der Waals surface area contributed by atoms with Crippen LogP contribution in [0.4, 0.5) is 5.13 Å². The van der Waals surface area contributed by atoms with E-state index in [0.29, 0.717) is 5.92 Å². The molecule has 0 saturated carbocycles. The van der Waals surface area contributed by atoms with E-state index in [0.717, 1.165) is 30.9 Å². The number of thiazole rings is 1. The van der Waals surface area contributed by atoms with Crippen molar-refractivity contribution in [3.63, 3.8) is 0 Å². The Hall–Kier alpha value is -1.35. The molecule has 0 aliphatic rings. The van der Waals surface area contributed by atoms with Crippen LogP contribution in [0.25, 0.3) is 0 Å². The van der Waals surface area contributed by atoms with Crippen LogP contribution in [0.1, 0.15) is 49.2 Å². The van der Waals surface area contributed by atoms with Crippen LogP contribution in [0.15, 0.2) is 30.3 Å². The van der Waals surface area contributed by atoms with Crippen LogP contribution in [-0.4, -0.2) is 11.5 Å². The molecule has 0 aliphatic heterocycles. The first kappa shape index (κ1) is 15.0. The van der Waals surface area contributed by atoms with Gasteiger partial charge in [0.2, 0.25) is 0 Å². The van der Waals surface area contributed by atoms with Gasteiger partial charge >= 0.3 is 0 Å². The summed E-state index contributed by atoms with van der Waals surface area (Å²) < 4.78 is 0. The summed E-state index contributed by atoms with van der Waals surface area (Å²) in [6, 6.07) is 10.6. The minimum atomic E-state index is 0.568. The van der Waals surface area contributed by atoms with Crippen molar-refractivity contribution >= 4 is 16.5 Å². The Labute approximate surface area is 126 Å². The van der Waals surface area contributed by atoms with Crippen molar-refractivity contribution in [3.8, 4) is 0 Å². The topological polar surface area (TPSA) is 24.9 Å². The second-order valence-corrected chi connectivity index (χ2v) is 6.43. The molecule has 0 saturated heterocycles. The lowest BCUT2D eigenvalue weighted by molar-refractivity contribution is 0.821. The average molecular weight is 288 g/mol. The lowest BCUT2D eigenvalue weighted by Crippen LogP contribution is -2.04. The van der Waals surface area contributed by atoms with Gasteiger partial charge in [0, 0.05) is 11.4 Å². The maximum Gasteiger partial charge on any atom is 0.183 e. The summed E-state index contributed by atoms with van der Waals surface area (Å²) in [5.74, 6) is 0.568. The first-order valence-corrected chi connectivity index (χ1v) is 8.29. The highest BCUT2D eigenvalue weighted by Gasteiger charge is 2.13. The Morgan fingerprint density at radius 3 is 2.55 bits per heavy atom. The summed E-state index contributed by atoms with van der Waals surface area (Å²) in [5.41, 5.74) is 2.66. The number of rotatable bonds is 7. The summed E-state index contributed by atoms with van der Waals surface area (Å²) in [6.45, 7) is 7.66. The highest BCUT2D eigenvalue weighted by Crippen LogP contribution is 2.30. The first-order valence-electron chi connectivity index (χ1n) is 7.48. The van der Waals surface area contributed by atoms with Crippen molar-refractivity contribution in [3.05, 3.63) is 46.5 Å². The van der Waals surface area contributed by atoms with E-state index in [4.69, 9.17) is 4.98 Å². The standard InChI is InChI=1S/C17H24N2S/c1-4-8-15-16(13(2)3)20-17(19-15)18-12-11-14-9-6-5-7-10-14/h5-7,9-10,13H,4,8,11-12H2,1-3H3,(H,18,19). The van der Waals surface area contributed by atoms with Gasteiger partial charge < -0.3 is 5.32 Å². The van der Waals surface area contributed by atoms with Crippen LogP contribution in [0.3, 0.4) is 0 Å². The van der Waals surface area contributed by atoms with Gasteiger partial charge in [-0.1, -0.05) is 57.5 Å². The monoisotopic (exact) mass is 288 g/mol. The van der Waals surface area contributed by atoms with E-state index in [2.05, 4.69) is 56.4 Å². The van der Waals surface area contributed by atoms with E-state index in [9.17, 15) is 0 Å². The second kappa shape index (κ2) is 7.44. The molecule has 0 unspecified atom stereocenters. The van der Waals surface area contributed by atoms with Gasteiger partial charge in [-0.25, -0.2) is 4.98 Å². The van der Waals surface area contributed by atoms with Gasteiger partial charge in [0.25, 0.3) is 0 Å². The molecule has 0 aliphatic carbocycles. The van der Waals surface area contributed by atoms with Gasteiger partial charge in [0.15, 0.2) is 5.13 Å². The molecule has 0 spiro atoms. The third kappa shape index (κ3) is 4.07. The van der Waals surface area contributed by atoms with E-state index in [1.54, 1.807) is 0 Å². The third-order valence-corrected chi connectivity index (χ3v) is 4.63. The highest BCUT2D eigenvalue weighted by molar-refractivity contribution is 7.15. The van der Waals surface area contributed by atoms with Crippen LogP contribution in [0, 0.1) is 0 Å². The fourth-order valence-corrected chi connectivity index (χ4v) is 3.30. The SMILES string of the molecule is CCCc1nc(NCCc2ccccc2)sc1C(C)C. The number of aryl methyl sites for hydroxylation is 1. The zero-order valence-corrected chi connectivity index (χ0v) is 13.5. The molecule has 1 N–H and O–H groups in total. The smallest absolute Gasteiger partial charge is 0.183 e. The maximum atomic E-state index is 4.76. The van der Waals surface area contributed by atoms with Crippen molar-refractivity contribution in [2.45, 2.75) is 46.0 Å². The quantitative estimate of drug-likeness (QED) is 0.786. The Kier molecular flexibility index (Phi) is 5.60. The molecule has 0 bridgehead atoms. The summed E-state index contributed by atoms with van der Waals surface area (Å²) in [7, 11) is 0. The van der Waals surface area contributed by atoms with Gasteiger partial charge in [0.05, 0.1) is 5.69 Å². The molecule has 2 nitrogen and oxygen atoms in total. The van der Waals surface area contributed by atoms with Gasteiger partial charge in [-0.15, -0.1) is 11.3 Å². The minimum Gasteiger partial charge on any atom is -0.361 e. The van der Waals surface area contributed by atoms with Gasteiger partial charge in [-0.3, -0.25) is 0 Å². The number of hydrogen-bond acceptors (Lipinski definition) is 3. The Bertz CT molecular complexity index is 517. The molecule has 0 atom stereocenters. The fraction of sp³-hybridized carbons (Fsp3) is 0.471. The highest BCUT2D eigenvalue weighted by atomic mass is 32.1. The Morgan fingerprint density at radius 2 is 1.90 bits per heavy atom. The van der Waals surface area contributed by atoms with Crippen LogP contribution >= 0.6 is 11.3 Å². The van der Waals surface area contributed by atoms with Crippen molar-refractivity contribution in [2.24, 2.45) is 0 Å². The number of hydrogen-bond donors (Lipinski definition) is 1. The molecule has 108 valence electrons. The second-order valence-electron chi connectivity index (χ2n) is 5.40. The molecule has 0 amide bonds. The van der Waals surface area contributed by atoms with Crippen LogP contribution in [0.2, 0.25) is 0 Å². The summed E-state index contributed by atoms with van der Waals surface area (Å²) in [5, 5.41) is 4.55. The van der Waals surface area contributed by atoms with Crippen molar-refractivity contribution in [2.75, 3.05) is 11.9 Å². The molecule has 1 heterocycles. The predicted molar refractivity (Wildman–Crippen MR) is 88.8 cm³/mol. The normalized spacial score (nSPS) is 11.0. The van der Waals surface area contributed by atoms with Crippen LogP contribution < -0.4 is 5.32 Å². The summed E-state index contributed by atoms with van der Waals surface area (Å²) >= 11 is 1.82. The van der Waals surface area contributed by atoms with E-state index >= 15 is 0 Å².